The molecule has 21 heavy (non-hydrogen) atoms. The Morgan fingerprint density at radius 1 is 1.38 bits per heavy atom. The van der Waals surface area contributed by atoms with E-state index in [0.717, 1.165) is 25.0 Å². The summed E-state index contributed by atoms with van der Waals surface area (Å²) < 4.78 is 5.33. The second kappa shape index (κ2) is 4.61. The first-order chi connectivity index (χ1) is 10.2. The summed E-state index contributed by atoms with van der Waals surface area (Å²) in [6.07, 6.45) is 1.18. The van der Waals surface area contributed by atoms with Crippen LogP contribution in [0, 0.1) is 17.2 Å². The van der Waals surface area contributed by atoms with E-state index in [-0.39, 0.29) is 17.7 Å². The average molecular weight is 281 g/mol. The van der Waals surface area contributed by atoms with E-state index in [1.807, 2.05) is 6.07 Å². The molecule has 1 N–H and O–H groups in total. The minimum atomic E-state index is -0.0460. The van der Waals surface area contributed by atoms with Crippen LogP contribution in [0.5, 0.6) is 0 Å². The third-order valence-corrected chi connectivity index (χ3v) is 4.54. The number of nitriles is 1. The van der Waals surface area contributed by atoms with E-state index < -0.39 is 0 Å². The largest absolute Gasteiger partial charge is 0.446 e. The molecule has 2 saturated heterocycles. The first-order valence-corrected chi connectivity index (χ1v) is 7.20. The summed E-state index contributed by atoms with van der Waals surface area (Å²) in [6.45, 7) is 3.23. The Labute approximate surface area is 122 Å². The van der Waals surface area contributed by atoms with Crippen LogP contribution in [-0.4, -0.2) is 36.5 Å². The lowest BCUT2D eigenvalue weighted by atomic mass is 9.99. The first kappa shape index (κ1) is 12.4. The van der Waals surface area contributed by atoms with Gasteiger partial charge in [0.25, 0.3) is 5.91 Å². The van der Waals surface area contributed by atoms with Gasteiger partial charge >= 0.3 is 0 Å². The maximum absolute atomic E-state index is 12.4. The molecule has 0 saturated carbocycles. The third kappa shape index (κ3) is 2.08. The van der Waals surface area contributed by atoms with Crippen molar-refractivity contribution in [3.8, 4) is 6.07 Å². The van der Waals surface area contributed by atoms with Crippen molar-refractivity contribution in [1.82, 2.24) is 10.2 Å². The minimum absolute atomic E-state index is 0.0460. The molecule has 2 bridgehead atoms. The summed E-state index contributed by atoms with van der Waals surface area (Å²) in [7, 11) is 0. The molecule has 3 heterocycles. The summed E-state index contributed by atoms with van der Waals surface area (Å²) >= 11 is 0. The summed E-state index contributed by atoms with van der Waals surface area (Å²) in [4.78, 5) is 14.8. The topological polar surface area (TPSA) is 69.3 Å². The molecule has 2 aliphatic rings. The third-order valence-electron chi connectivity index (χ3n) is 4.54. The fourth-order valence-corrected chi connectivity index (χ4v) is 3.44. The Kier molecular flexibility index (Phi) is 2.72. The van der Waals surface area contributed by atoms with Crippen molar-refractivity contribution in [2.45, 2.75) is 12.5 Å². The summed E-state index contributed by atoms with van der Waals surface area (Å²) in [5.41, 5.74) is 1.25. The molecule has 106 valence electrons. The normalized spacial score (nSPS) is 26.9. The SMILES string of the molecule is N#Cc1cc2cc(C(=O)NC3CN4CC[C@H]3C4)ccc2o1. The Bertz CT molecular complexity index is 758. The number of amides is 1. The highest BCUT2D eigenvalue weighted by atomic mass is 16.3. The van der Waals surface area contributed by atoms with E-state index >= 15 is 0 Å². The van der Waals surface area contributed by atoms with Crippen LogP contribution < -0.4 is 5.32 Å². The smallest absolute Gasteiger partial charge is 0.251 e. The molecule has 2 unspecified atom stereocenters. The number of nitrogens with zero attached hydrogens (tertiary/aromatic N) is 2. The molecule has 2 fully saturated rings. The molecule has 5 nitrogen and oxygen atoms in total. The lowest BCUT2D eigenvalue weighted by Gasteiger charge is -2.23. The predicted molar refractivity (Wildman–Crippen MR) is 76.7 cm³/mol. The molecule has 4 rings (SSSR count). The van der Waals surface area contributed by atoms with Crippen molar-refractivity contribution in [2.24, 2.45) is 5.92 Å². The van der Waals surface area contributed by atoms with Gasteiger partial charge in [0.05, 0.1) is 0 Å². The van der Waals surface area contributed by atoms with E-state index in [9.17, 15) is 4.79 Å². The number of furan rings is 1. The van der Waals surface area contributed by atoms with E-state index in [1.165, 1.54) is 6.42 Å². The predicted octanol–water partition coefficient (Wildman–Crippen LogP) is 1.74. The lowest BCUT2D eigenvalue weighted by molar-refractivity contribution is 0.0924. The monoisotopic (exact) mass is 281 g/mol. The van der Waals surface area contributed by atoms with E-state index in [2.05, 4.69) is 10.2 Å². The van der Waals surface area contributed by atoms with Crippen molar-refractivity contribution in [1.29, 1.82) is 5.26 Å². The quantitative estimate of drug-likeness (QED) is 0.910. The molecule has 1 aromatic carbocycles. The summed E-state index contributed by atoms with van der Waals surface area (Å²) in [6, 6.07) is 9.17. The van der Waals surface area contributed by atoms with Gasteiger partial charge in [-0.15, -0.1) is 0 Å². The van der Waals surface area contributed by atoms with Crippen LogP contribution in [0.1, 0.15) is 22.5 Å². The Morgan fingerprint density at radius 2 is 2.29 bits per heavy atom. The highest BCUT2D eigenvalue weighted by Crippen LogP contribution is 2.28. The van der Waals surface area contributed by atoms with Crippen molar-refractivity contribution in [3.63, 3.8) is 0 Å². The molecular formula is C16H15N3O2. The van der Waals surface area contributed by atoms with Gasteiger partial charge in [-0.3, -0.25) is 4.79 Å². The van der Waals surface area contributed by atoms with Gasteiger partial charge in [-0.05, 0) is 37.1 Å². The van der Waals surface area contributed by atoms with Gasteiger partial charge in [-0.2, -0.15) is 5.26 Å². The van der Waals surface area contributed by atoms with Gasteiger partial charge in [0.1, 0.15) is 11.7 Å². The number of hydrogen-bond acceptors (Lipinski definition) is 4. The number of rotatable bonds is 2. The van der Waals surface area contributed by atoms with E-state index in [0.29, 0.717) is 17.1 Å². The van der Waals surface area contributed by atoms with Crippen LogP contribution in [0.25, 0.3) is 11.0 Å². The number of nitrogens with one attached hydrogen (secondary N) is 1. The molecule has 1 amide bonds. The zero-order chi connectivity index (χ0) is 14.4. The van der Waals surface area contributed by atoms with E-state index in [4.69, 9.17) is 9.68 Å². The molecule has 2 aliphatic heterocycles. The number of piperidine rings is 1. The van der Waals surface area contributed by atoms with E-state index in [1.54, 1.807) is 24.3 Å². The maximum Gasteiger partial charge on any atom is 0.251 e. The summed E-state index contributed by atoms with van der Waals surface area (Å²) in [5, 5.41) is 12.8. The molecule has 3 atom stereocenters. The molecule has 1 aromatic heterocycles. The van der Waals surface area contributed by atoms with Crippen molar-refractivity contribution < 1.29 is 9.21 Å². The Morgan fingerprint density at radius 3 is 3.00 bits per heavy atom. The second-order valence-corrected chi connectivity index (χ2v) is 5.86. The van der Waals surface area contributed by atoms with Gasteiger partial charge in [-0.25, -0.2) is 0 Å². The van der Waals surface area contributed by atoms with Gasteiger partial charge in [0.15, 0.2) is 0 Å². The zero-order valence-electron chi connectivity index (χ0n) is 11.5. The highest BCUT2D eigenvalue weighted by Gasteiger charge is 2.38. The molecule has 0 radical (unpaired) electrons. The number of hydrogen-bond donors (Lipinski definition) is 1. The van der Waals surface area contributed by atoms with Crippen LogP contribution in [0.15, 0.2) is 28.7 Å². The van der Waals surface area contributed by atoms with Gasteiger partial charge < -0.3 is 14.6 Å². The fourth-order valence-electron chi connectivity index (χ4n) is 3.44. The van der Waals surface area contributed by atoms with Gasteiger partial charge in [0.2, 0.25) is 5.76 Å². The molecule has 2 aromatic rings. The Hall–Kier alpha value is -2.32. The number of carbonyl (C=O) groups excluding carboxylic acids is 1. The lowest BCUT2D eigenvalue weighted by Crippen LogP contribution is -2.43. The van der Waals surface area contributed by atoms with Gasteiger partial charge in [-0.1, -0.05) is 0 Å². The Balaban J connectivity index is 1.55. The van der Waals surface area contributed by atoms with Crippen LogP contribution >= 0.6 is 0 Å². The van der Waals surface area contributed by atoms with Gasteiger partial charge in [0, 0.05) is 36.1 Å². The van der Waals surface area contributed by atoms with Crippen LogP contribution in [-0.2, 0) is 0 Å². The molecule has 5 heteroatoms. The number of fused-ring (bicyclic) bond motifs is 3. The molecule has 0 aliphatic carbocycles. The van der Waals surface area contributed by atoms with Crippen molar-refractivity contribution in [2.75, 3.05) is 19.6 Å². The molecule has 0 spiro atoms. The first-order valence-electron chi connectivity index (χ1n) is 7.20. The standard InChI is InChI=1S/C16H15N3O2/c17-7-13-6-12-5-10(1-2-15(12)21-13)16(20)18-14-9-19-4-3-11(14)8-19/h1-2,5-6,11,14H,3-4,8-9H2,(H,18,20)/t11-,14?/m0/s1. The van der Waals surface area contributed by atoms with Crippen LogP contribution in [0.3, 0.4) is 0 Å². The number of benzene rings is 1. The zero-order valence-corrected chi connectivity index (χ0v) is 11.5. The average Bonchev–Trinajstić information content (AvgIpc) is 3.20. The van der Waals surface area contributed by atoms with Crippen LogP contribution in [0.2, 0.25) is 0 Å². The maximum atomic E-state index is 12.4. The minimum Gasteiger partial charge on any atom is -0.446 e. The van der Waals surface area contributed by atoms with Crippen molar-refractivity contribution >= 4 is 16.9 Å². The molecular weight excluding hydrogens is 266 g/mol. The van der Waals surface area contributed by atoms with Crippen LogP contribution in [0.4, 0.5) is 0 Å². The fraction of sp³-hybridized carbons (Fsp3) is 0.375. The summed E-state index contributed by atoms with van der Waals surface area (Å²) in [5.74, 6) is 0.815. The highest BCUT2D eigenvalue weighted by molar-refractivity contribution is 5.98. The number of carbonyl (C=O) groups is 1. The van der Waals surface area contributed by atoms with Crippen molar-refractivity contribution in [3.05, 3.63) is 35.6 Å². The second-order valence-electron chi connectivity index (χ2n) is 5.86.